The van der Waals surface area contributed by atoms with Gasteiger partial charge in [-0.2, -0.15) is 0 Å². The third-order valence-corrected chi connectivity index (χ3v) is 4.02. The molecule has 2 fully saturated rings. The molecule has 1 atom stereocenters. The normalized spacial score (nSPS) is 25.1. The predicted molar refractivity (Wildman–Crippen MR) is 71.5 cm³/mol. The van der Waals surface area contributed by atoms with E-state index in [2.05, 4.69) is 5.32 Å². The third-order valence-electron chi connectivity index (χ3n) is 4.02. The highest BCUT2D eigenvalue weighted by Crippen LogP contribution is 2.12. The number of carbonyl (C=O) groups excluding carboxylic acids is 1. The van der Waals surface area contributed by atoms with Crippen LogP contribution in [0.25, 0.3) is 0 Å². The molecule has 2 rings (SSSR count). The van der Waals surface area contributed by atoms with Crippen molar-refractivity contribution in [3.8, 4) is 0 Å². The third kappa shape index (κ3) is 4.58. The van der Waals surface area contributed by atoms with E-state index in [-0.39, 0.29) is 12.5 Å². The van der Waals surface area contributed by atoms with E-state index < -0.39 is 0 Å². The zero-order valence-corrected chi connectivity index (χ0v) is 11.3. The number of carbonyl (C=O) groups is 1. The monoisotopic (exact) mass is 254 g/mol. The molecule has 18 heavy (non-hydrogen) atoms. The van der Waals surface area contributed by atoms with Gasteiger partial charge in [-0.3, -0.25) is 4.79 Å². The van der Waals surface area contributed by atoms with Crippen molar-refractivity contribution < 1.29 is 9.53 Å². The van der Waals surface area contributed by atoms with Crippen LogP contribution >= 0.6 is 0 Å². The summed E-state index contributed by atoms with van der Waals surface area (Å²) >= 11 is 0. The van der Waals surface area contributed by atoms with Crippen LogP contribution in [0.4, 0.5) is 0 Å². The molecule has 104 valence electrons. The van der Waals surface area contributed by atoms with E-state index in [9.17, 15) is 4.79 Å². The van der Waals surface area contributed by atoms with Crippen molar-refractivity contribution in [2.45, 2.75) is 38.5 Å². The van der Waals surface area contributed by atoms with Crippen LogP contribution in [0.5, 0.6) is 0 Å². The molecule has 0 bridgehead atoms. The second kappa shape index (κ2) is 7.74. The lowest BCUT2D eigenvalue weighted by molar-refractivity contribution is -0.136. The van der Waals surface area contributed by atoms with Crippen molar-refractivity contribution in [3.63, 3.8) is 0 Å². The van der Waals surface area contributed by atoms with E-state index in [0.717, 1.165) is 58.0 Å². The van der Waals surface area contributed by atoms with E-state index >= 15 is 0 Å². The first-order chi connectivity index (χ1) is 8.86. The Morgan fingerprint density at radius 3 is 2.67 bits per heavy atom. The Balaban J connectivity index is 1.55. The molecule has 2 aliphatic rings. The molecular formula is C14H26N2O2. The summed E-state index contributed by atoms with van der Waals surface area (Å²) in [4.78, 5) is 13.9. The average molecular weight is 254 g/mol. The van der Waals surface area contributed by atoms with Gasteiger partial charge >= 0.3 is 0 Å². The summed E-state index contributed by atoms with van der Waals surface area (Å²) in [6, 6.07) is 0. The maximum absolute atomic E-state index is 11.9. The van der Waals surface area contributed by atoms with Crippen molar-refractivity contribution in [2.75, 3.05) is 39.4 Å². The van der Waals surface area contributed by atoms with Crippen LogP contribution in [-0.4, -0.2) is 50.2 Å². The molecule has 1 amide bonds. The van der Waals surface area contributed by atoms with Crippen molar-refractivity contribution in [3.05, 3.63) is 0 Å². The lowest BCUT2D eigenvalue weighted by atomic mass is 10.1. The van der Waals surface area contributed by atoms with Crippen molar-refractivity contribution in [2.24, 2.45) is 5.92 Å². The zero-order valence-electron chi connectivity index (χ0n) is 11.3. The highest BCUT2D eigenvalue weighted by Gasteiger charge is 2.16. The van der Waals surface area contributed by atoms with Crippen molar-refractivity contribution in [1.29, 1.82) is 0 Å². The Morgan fingerprint density at radius 1 is 1.22 bits per heavy atom. The Labute approximate surface area is 110 Å². The first-order valence-electron chi connectivity index (χ1n) is 7.42. The standard InChI is InChI=1S/C14H26N2O2/c17-14(16-8-3-1-2-4-9-16)12-18-10-6-13-5-7-15-11-13/h13,15H,1-12H2. The van der Waals surface area contributed by atoms with Gasteiger partial charge in [-0.1, -0.05) is 12.8 Å². The van der Waals surface area contributed by atoms with Crippen LogP contribution < -0.4 is 5.32 Å². The molecule has 4 heteroatoms. The minimum Gasteiger partial charge on any atom is -0.372 e. The van der Waals surface area contributed by atoms with E-state index in [0.29, 0.717) is 0 Å². The van der Waals surface area contributed by atoms with Crippen LogP contribution in [0.2, 0.25) is 0 Å². The maximum Gasteiger partial charge on any atom is 0.248 e. The second-order valence-corrected chi connectivity index (χ2v) is 5.50. The number of ether oxygens (including phenoxy) is 1. The molecule has 0 aromatic carbocycles. The molecule has 0 saturated carbocycles. The number of nitrogens with one attached hydrogen (secondary N) is 1. The van der Waals surface area contributed by atoms with E-state index in [1.807, 2.05) is 4.90 Å². The van der Waals surface area contributed by atoms with Crippen LogP contribution in [0.15, 0.2) is 0 Å². The molecule has 0 spiro atoms. The predicted octanol–water partition coefficient (Wildman–Crippen LogP) is 1.41. The number of hydrogen-bond donors (Lipinski definition) is 1. The fourth-order valence-electron chi connectivity index (χ4n) is 2.78. The van der Waals surface area contributed by atoms with Gasteiger partial charge in [0.1, 0.15) is 6.61 Å². The number of amides is 1. The van der Waals surface area contributed by atoms with Gasteiger partial charge in [0.25, 0.3) is 0 Å². The maximum atomic E-state index is 11.9. The summed E-state index contributed by atoms with van der Waals surface area (Å²) in [5.74, 6) is 0.930. The van der Waals surface area contributed by atoms with Gasteiger partial charge in [0, 0.05) is 19.7 Å². The van der Waals surface area contributed by atoms with Crippen LogP contribution in [0.1, 0.15) is 38.5 Å². The first kappa shape index (κ1) is 13.8. The number of likely N-dealkylation sites (tertiary alicyclic amines) is 1. The van der Waals surface area contributed by atoms with Gasteiger partial charge in [-0.05, 0) is 44.7 Å². The van der Waals surface area contributed by atoms with Crippen molar-refractivity contribution >= 4 is 5.91 Å². The lowest BCUT2D eigenvalue weighted by Crippen LogP contribution is -2.34. The van der Waals surface area contributed by atoms with Gasteiger partial charge in [0.2, 0.25) is 5.91 Å². The summed E-state index contributed by atoms with van der Waals surface area (Å²) < 4.78 is 5.53. The van der Waals surface area contributed by atoms with Crippen LogP contribution in [0, 0.1) is 5.92 Å². The fourth-order valence-corrected chi connectivity index (χ4v) is 2.78. The molecule has 4 nitrogen and oxygen atoms in total. The number of rotatable bonds is 5. The summed E-state index contributed by atoms with van der Waals surface area (Å²) in [5, 5.41) is 3.35. The van der Waals surface area contributed by atoms with Crippen LogP contribution in [0.3, 0.4) is 0 Å². The lowest BCUT2D eigenvalue weighted by Gasteiger charge is -2.20. The van der Waals surface area contributed by atoms with E-state index in [1.165, 1.54) is 19.3 Å². The second-order valence-electron chi connectivity index (χ2n) is 5.50. The summed E-state index contributed by atoms with van der Waals surface area (Å²) in [6.45, 7) is 5.11. The Kier molecular flexibility index (Phi) is 5.94. The highest BCUT2D eigenvalue weighted by atomic mass is 16.5. The van der Waals surface area contributed by atoms with E-state index in [4.69, 9.17) is 4.74 Å². The van der Waals surface area contributed by atoms with Crippen LogP contribution in [-0.2, 0) is 9.53 Å². The smallest absolute Gasteiger partial charge is 0.248 e. The highest BCUT2D eigenvalue weighted by molar-refractivity contribution is 5.77. The molecule has 1 N–H and O–H groups in total. The van der Waals surface area contributed by atoms with Gasteiger partial charge in [0.15, 0.2) is 0 Å². The Bertz CT molecular complexity index is 244. The molecule has 0 aliphatic carbocycles. The minimum absolute atomic E-state index is 0.182. The Morgan fingerprint density at radius 2 is 2.00 bits per heavy atom. The minimum atomic E-state index is 0.182. The topological polar surface area (TPSA) is 41.6 Å². The molecule has 0 aromatic heterocycles. The number of hydrogen-bond acceptors (Lipinski definition) is 3. The molecule has 0 aromatic rings. The quantitative estimate of drug-likeness (QED) is 0.754. The van der Waals surface area contributed by atoms with Gasteiger partial charge < -0.3 is 15.0 Å². The summed E-state index contributed by atoms with van der Waals surface area (Å²) in [6.07, 6.45) is 7.17. The molecule has 2 aliphatic heterocycles. The SMILES string of the molecule is O=C(COCCC1CCNC1)N1CCCCCC1. The number of nitrogens with zero attached hydrogens (tertiary/aromatic N) is 1. The average Bonchev–Trinajstić information content (AvgIpc) is 2.74. The van der Waals surface area contributed by atoms with E-state index in [1.54, 1.807) is 0 Å². The van der Waals surface area contributed by atoms with Gasteiger partial charge in [0.05, 0.1) is 0 Å². The Hall–Kier alpha value is -0.610. The molecule has 2 saturated heterocycles. The molecule has 2 heterocycles. The molecular weight excluding hydrogens is 228 g/mol. The summed E-state index contributed by atoms with van der Waals surface area (Å²) in [7, 11) is 0. The largest absolute Gasteiger partial charge is 0.372 e. The molecule has 0 radical (unpaired) electrons. The summed E-state index contributed by atoms with van der Waals surface area (Å²) in [5.41, 5.74) is 0. The van der Waals surface area contributed by atoms with Gasteiger partial charge in [-0.25, -0.2) is 0 Å². The fraction of sp³-hybridized carbons (Fsp3) is 0.929. The zero-order chi connectivity index (χ0) is 12.6. The first-order valence-corrected chi connectivity index (χ1v) is 7.42. The van der Waals surface area contributed by atoms with Crippen molar-refractivity contribution in [1.82, 2.24) is 10.2 Å². The molecule has 1 unspecified atom stereocenters. The van der Waals surface area contributed by atoms with Gasteiger partial charge in [-0.15, -0.1) is 0 Å².